The van der Waals surface area contributed by atoms with Gasteiger partial charge in [0.1, 0.15) is 12.2 Å². The zero-order valence-electron chi connectivity index (χ0n) is 31.6. The minimum absolute atomic E-state index is 0.0417. The smallest absolute Gasteiger partial charge is 0.457 e. The predicted molar refractivity (Wildman–Crippen MR) is 205 cm³/mol. The molecule has 0 aliphatic carbocycles. The van der Waals surface area contributed by atoms with Crippen LogP contribution < -0.4 is 0 Å². The van der Waals surface area contributed by atoms with Crippen LogP contribution in [0.5, 0.6) is 0 Å². The van der Waals surface area contributed by atoms with Crippen molar-refractivity contribution in [2.24, 2.45) is 0 Å². The second-order valence-corrected chi connectivity index (χ2v) is 14.4. The van der Waals surface area contributed by atoms with Crippen molar-refractivity contribution in [2.45, 2.75) is 167 Å². The van der Waals surface area contributed by atoms with E-state index in [0.717, 1.165) is 70.6 Å². The Morgan fingerprint density at radius 1 is 0.640 bits per heavy atom. The molecule has 0 aliphatic heterocycles. The van der Waals surface area contributed by atoms with E-state index in [9.17, 15) is 19.4 Å². The topological polar surface area (TPSA) is 132 Å². The third-order valence-corrected chi connectivity index (χ3v) is 8.98. The number of aliphatic hydroxyl groups excluding tert-OH is 2. The maximum absolute atomic E-state index is 12.5. The van der Waals surface area contributed by atoms with Crippen molar-refractivity contribution >= 4 is 13.8 Å². The van der Waals surface area contributed by atoms with Crippen LogP contribution in [0, 0.1) is 0 Å². The van der Waals surface area contributed by atoms with Crippen molar-refractivity contribution < 1.29 is 43.0 Å². The summed E-state index contributed by atoms with van der Waals surface area (Å²) in [7, 11) is -4.51. The number of phosphoric ester groups is 1. The first-order valence-electron chi connectivity index (χ1n) is 19.6. The molecule has 0 amide bonds. The van der Waals surface area contributed by atoms with Gasteiger partial charge in [-0.2, -0.15) is 0 Å². The molecule has 0 spiro atoms. The highest BCUT2D eigenvalue weighted by molar-refractivity contribution is 7.47. The minimum atomic E-state index is -4.51. The van der Waals surface area contributed by atoms with E-state index in [1.54, 1.807) is 0 Å². The number of hydrogen-bond acceptors (Lipinski definition) is 8. The minimum Gasteiger partial charge on any atom is -0.457 e. The van der Waals surface area contributed by atoms with Crippen molar-refractivity contribution in [1.82, 2.24) is 0 Å². The number of ether oxygens (including phenoxy) is 2. The first-order valence-corrected chi connectivity index (χ1v) is 21.1. The third-order valence-electron chi connectivity index (χ3n) is 8.03. The van der Waals surface area contributed by atoms with Crippen LogP contribution in [0.15, 0.2) is 48.6 Å². The van der Waals surface area contributed by atoms with E-state index >= 15 is 0 Å². The Labute approximate surface area is 305 Å². The van der Waals surface area contributed by atoms with Gasteiger partial charge >= 0.3 is 13.8 Å². The first-order chi connectivity index (χ1) is 24.3. The normalized spacial score (nSPS) is 14.7. The Bertz CT molecular complexity index is 919. The molecule has 0 bridgehead atoms. The summed E-state index contributed by atoms with van der Waals surface area (Å²) < 4.78 is 33.2. The SMILES string of the molecule is CC/C=C\C/C=C\C/C=C\C/C=C\CCCCCCCCCOCC(COP(=O)(O)OCC(O)CO)OC(=O)CCCCCCCCCCC. The summed E-state index contributed by atoms with van der Waals surface area (Å²) in [5.74, 6) is -0.392. The van der Waals surface area contributed by atoms with Gasteiger partial charge in [0.05, 0.1) is 26.4 Å². The summed E-state index contributed by atoms with van der Waals surface area (Å²) in [6.45, 7) is 3.34. The molecule has 10 heteroatoms. The van der Waals surface area contributed by atoms with Gasteiger partial charge in [-0.25, -0.2) is 4.57 Å². The number of unbranched alkanes of at least 4 members (excludes halogenated alkanes) is 15. The monoisotopic (exact) mass is 728 g/mol. The van der Waals surface area contributed by atoms with Crippen LogP contribution in [0.1, 0.15) is 155 Å². The fraction of sp³-hybridized carbons (Fsp3) is 0.775. The van der Waals surface area contributed by atoms with E-state index in [1.807, 2.05) is 0 Å². The molecule has 0 aromatic heterocycles. The number of rotatable bonds is 37. The van der Waals surface area contributed by atoms with Crippen molar-refractivity contribution in [3.8, 4) is 0 Å². The van der Waals surface area contributed by atoms with Crippen LogP contribution in [-0.2, 0) is 27.9 Å². The molecule has 292 valence electrons. The van der Waals surface area contributed by atoms with Crippen molar-refractivity contribution in [1.29, 1.82) is 0 Å². The molecule has 3 N–H and O–H groups in total. The lowest BCUT2D eigenvalue weighted by molar-refractivity contribution is -0.154. The Morgan fingerprint density at radius 3 is 1.72 bits per heavy atom. The zero-order chi connectivity index (χ0) is 36.8. The molecule has 3 unspecified atom stereocenters. The molecular weight excluding hydrogens is 655 g/mol. The standard InChI is InChI=1S/C40H73O9P/c1-3-5-7-9-11-13-14-15-16-17-18-19-20-21-22-23-25-27-29-31-33-46-36-39(37-48-50(44,45)47-35-38(42)34-41)49-40(43)32-30-28-26-24-12-10-8-6-4-2/h5,7,11,13,15-16,18-19,38-39,41-42H,3-4,6,8-10,12,14,17,20-37H2,1-2H3,(H,44,45)/b7-5-,13-11-,16-15-,19-18-. The molecule has 0 saturated carbocycles. The largest absolute Gasteiger partial charge is 0.472 e. The van der Waals surface area contributed by atoms with Gasteiger partial charge in [-0.3, -0.25) is 13.8 Å². The first kappa shape index (κ1) is 48.4. The number of carbonyl (C=O) groups excluding carboxylic acids is 1. The molecule has 0 heterocycles. The number of carbonyl (C=O) groups is 1. The van der Waals surface area contributed by atoms with E-state index in [-0.39, 0.29) is 19.6 Å². The summed E-state index contributed by atoms with van der Waals surface area (Å²) in [6.07, 6.45) is 39.3. The van der Waals surface area contributed by atoms with Gasteiger partial charge in [0.2, 0.25) is 0 Å². The molecule has 0 aromatic rings. The van der Waals surface area contributed by atoms with Gasteiger partial charge in [0.15, 0.2) is 0 Å². The molecule has 9 nitrogen and oxygen atoms in total. The average molecular weight is 729 g/mol. The van der Waals surface area contributed by atoms with Crippen LogP contribution in [0.4, 0.5) is 0 Å². The highest BCUT2D eigenvalue weighted by Gasteiger charge is 2.26. The molecular formula is C40H73O9P. The molecule has 0 aliphatic rings. The van der Waals surface area contributed by atoms with E-state index in [2.05, 4.69) is 62.5 Å². The molecule has 0 radical (unpaired) electrons. The molecule has 50 heavy (non-hydrogen) atoms. The molecule has 0 fully saturated rings. The molecule has 3 atom stereocenters. The van der Waals surface area contributed by atoms with Crippen LogP contribution in [0.3, 0.4) is 0 Å². The van der Waals surface area contributed by atoms with Crippen molar-refractivity contribution in [2.75, 3.05) is 33.0 Å². The van der Waals surface area contributed by atoms with Gasteiger partial charge in [-0.05, 0) is 51.4 Å². The molecule has 0 rings (SSSR count). The lowest BCUT2D eigenvalue weighted by atomic mass is 10.1. The van der Waals surface area contributed by atoms with Crippen LogP contribution >= 0.6 is 7.82 Å². The number of aliphatic hydroxyl groups is 2. The van der Waals surface area contributed by atoms with Gasteiger partial charge in [0.25, 0.3) is 0 Å². The number of esters is 1. The van der Waals surface area contributed by atoms with E-state index in [4.69, 9.17) is 23.6 Å². The highest BCUT2D eigenvalue weighted by atomic mass is 31.2. The lowest BCUT2D eigenvalue weighted by Crippen LogP contribution is -2.29. The van der Waals surface area contributed by atoms with E-state index in [1.165, 1.54) is 64.2 Å². The van der Waals surface area contributed by atoms with Crippen LogP contribution in [0.2, 0.25) is 0 Å². The summed E-state index contributed by atoms with van der Waals surface area (Å²) in [4.78, 5) is 22.4. The average Bonchev–Trinajstić information content (AvgIpc) is 3.10. The second-order valence-electron chi connectivity index (χ2n) is 12.9. The Morgan fingerprint density at radius 2 is 1.14 bits per heavy atom. The fourth-order valence-corrected chi connectivity index (χ4v) is 5.84. The van der Waals surface area contributed by atoms with E-state index in [0.29, 0.717) is 6.61 Å². The van der Waals surface area contributed by atoms with Gasteiger partial charge in [-0.15, -0.1) is 0 Å². The summed E-state index contributed by atoms with van der Waals surface area (Å²) in [5.41, 5.74) is 0. The van der Waals surface area contributed by atoms with Crippen LogP contribution in [0.25, 0.3) is 0 Å². The fourth-order valence-electron chi connectivity index (χ4n) is 5.05. The zero-order valence-corrected chi connectivity index (χ0v) is 32.5. The highest BCUT2D eigenvalue weighted by Crippen LogP contribution is 2.43. The number of allylic oxidation sites excluding steroid dienone is 8. The third kappa shape index (κ3) is 36.2. The van der Waals surface area contributed by atoms with Gasteiger partial charge in [-0.1, -0.05) is 146 Å². The summed E-state index contributed by atoms with van der Waals surface area (Å²) in [5, 5.41) is 18.3. The van der Waals surface area contributed by atoms with E-state index < -0.39 is 39.2 Å². The second kappa shape index (κ2) is 37.2. The van der Waals surface area contributed by atoms with Crippen LogP contribution in [-0.4, -0.2) is 66.3 Å². The Kier molecular flexibility index (Phi) is 36.0. The summed E-state index contributed by atoms with van der Waals surface area (Å²) >= 11 is 0. The predicted octanol–water partition coefficient (Wildman–Crippen LogP) is 10.2. The number of phosphoric acid groups is 1. The Hall–Kier alpha value is -1.58. The van der Waals surface area contributed by atoms with Gasteiger partial charge in [0, 0.05) is 13.0 Å². The van der Waals surface area contributed by atoms with Crippen molar-refractivity contribution in [3.63, 3.8) is 0 Å². The maximum Gasteiger partial charge on any atom is 0.472 e. The Balaban J connectivity index is 4.16. The molecule has 0 aromatic carbocycles. The lowest BCUT2D eigenvalue weighted by Gasteiger charge is -2.20. The summed E-state index contributed by atoms with van der Waals surface area (Å²) in [6, 6.07) is 0. The quantitative estimate of drug-likeness (QED) is 0.0247. The number of hydrogen-bond donors (Lipinski definition) is 3. The van der Waals surface area contributed by atoms with Crippen molar-refractivity contribution in [3.05, 3.63) is 48.6 Å². The molecule has 0 saturated heterocycles. The maximum atomic E-state index is 12.5. The van der Waals surface area contributed by atoms with Gasteiger partial charge < -0.3 is 24.6 Å².